The predicted octanol–water partition coefficient (Wildman–Crippen LogP) is 3.56. The first kappa shape index (κ1) is 36.1. The van der Waals surface area contributed by atoms with Gasteiger partial charge in [0, 0.05) is 43.9 Å². The van der Waals surface area contributed by atoms with Crippen molar-refractivity contribution in [1.29, 1.82) is 0 Å². The number of nitrogens with zero attached hydrogens (tertiary/aromatic N) is 4. The fourth-order valence-corrected chi connectivity index (χ4v) is 8.72. The summed E-state index contributed by atoms with van der Waals surface area (Å²) in [6.07, 6.45) is 1.32. The van der Waals surface area contributed by atoms with Crippen molar-refractivity contribution in [2.45, 2.75) is 29.4 Å². The summed E-state index contributed by atoms with van der Waals surface area (Å²) in [4.78, 5) is 35.5. The lowest BCUT2D eigenvalue weighted by molar-refractivity contribution is -0.132. The van der Waals surface area contributed by atoms with Gasteiger partial charge in [0.05, 0.1) is 46.8 Å². The van der Waals surface area contributed by atoms with E-state index in [0.29, 0.717) is 53.8 Å². The number of piperidine rings is 1. The Morgan fingerprint density at radius 3 is 1.88 bits per heavy atom. The van der Waals surface area contributed by atoms with Gasteiger partial charge >= 0.3 is 6.09 Å². The maximum atomic E-state index is 15.2. The molecule has 2 saturated heterocycles. The zero-order valence-electron chi connectivity index (χ0n) is 29.7. The van der Waals surface area contributed by atoms with Crippen LogP contribution in [0, 0.1) is 0 Å². The second-order valence-corrected chi connectivity index (χ2v) is 14.4. The van der Waals surface area contributed by atoms with Crippen LogP contribution < -0.4 is 28.0 Å². The van der Waals surface area contributed by atoms with Crippen LogP contribution in [0.1, 0.15) is 24.0 Å². The molecule has 0 aliphatic carbocycles. The van der Waals surface area contributed by atoms with Crippen molar-refractivity contribution in [3.05, 3.63) is 65.7 Å². The number of methoxy groups -OCH3 is 5. The molecule has 51 heavy (non-hydrogen) atoms. The molecule has 3 aromatic rings. The topological polar surface area (TPSA) is 137 Å². The molecule has 15 heteroatoms. The van der Waals surface area contributed by atoms with E-state index >= 15 is 4.79 Å². The van der Waals surface area contributed by atoms with Crippen molar-refractivity contribution in [1.82, 2.24) is 14.7 Å². The Labute approximate surface area is 298 Å². The van der Waals surface area contributed by atoms with E-state index < -0.39 is 27.6 Å². The fourth-order valence-electron chi connectivity index (χ4n) is 7.12. The van der Waals surface area contributed by atoms with E-state index in [1.807, 2.05) is 0 Å². The lowest BCUT2D eigenvalue weighted by Crippen LogP contribution is -2.55. The number of hydrogen-bond donors (Lipinski definition) is 0. The van der Waals surface area contributed by atoms with E-state index in [1.165, 1.54) is 78.0 Å². The van der Waals surface area contributed by atoms with Gasteiger partial charge < -0.3 is 38.2 Å². The molecular weight excluding hydrogens is 680 g/mol. The Morgan fingerprint density at radius 1 is 0.706 bits per heavy atom. The molecule has 14 nitrogen and oxygen atoms in total. The lowest BCUT2D eigenvalue weighted by Gasteiger charge is -2.42. The van der Waals surface area contributed by atoms with Crippen LogP contribution in [-0.2, 0) is 25.2 Å². The molecule has 3 aliphatic rings. The normalized spacial score (nSPS) is 20.2. The van der Waals surface area contributed by atoms with Crippen LogP contribution >= 0.6 is 0 Å². The standard InChI is InChI=1S/C36H44N4O10S/c1-37-15-13-24(14-16-37)38-17-19-39(20-18-38)35(42)50-36(29-22-26(46-3)8-11-31(29)48-5)28-21-25(45-2)7-10-30(28)40(34(36)41)51(43,44)33-12-9-27(47-4)23-32(33)49-6/h7-12,21-24H,13-20H2,1-6H3. The van der Waals surface area contributed by atoms with Crippen molar-refractivity contribution in [3.8, 4) is 28.7 Å². The van der Waals surface area contributed by atoms with Crippen LogP contribution in [0.3, 0.4) is 0 Å². The van der Waals surface area contributed by atoms with Gasteiger partial charge in [0.1, 0.15) is 33.6 Å². The minimum Gasteiger partial charge on any atom is -0.497 e. The number of ether oxygens (including phenoxy) is 6. The molecule has 274 valence electrons. The van der Waals surface area contributed by atoms with Gasteiger partial charge in [-0.1, -0.05) is 0 Å². The highest BCUT2D eigenvalue weighted by Crippen LogP contribution is 2.53. The number of benzene rings is 3. The van der Waals surface area contributed by atoms with Gasteiger partial charge in [0.15, 0.2) is 0 Å². The number of amides is 2. The molecule has 3 aromatic carbocycles. The molecule has 1 atom stereocenters. The summed E-state index contributed by atoms with van der Waals surface area (Å²) < 4.78 is 63.9. The second kappa shape index (κ2) is 14.5. The molecule has 2 fully saturated rings. The Balaban J connectivity index is 1.47. The first-order valence-electron chi connectivity index (χ1n) is 16.7. The molecule has 0 aromatic heterocycles. The third kappa shape index (κ3) is 6.38. The van der Waals surface area contributed by atoms with Crippen molar-refractivity contribution in [2.75, 3.05) is 86.2 Å². The number of carbonyl (C=O) groups excluding carboxylic acids is 2. The van der Waals surface area contributed by atoms with E-state index in [1.54, 1.807) is 17.0 Å². The number of piperazine rings is 1. The van der Waals surface area contributed by atoms with E-state index in [-0.39, 0.29) is 33.2 Å². The van der Waals surface area contributed by atoms with E-state index in [0.717, 1.165) is 25.9 Å². The zero-order valence-corrected chi connectivity index (χ0v) is 30.5. The highest BCUT2D eigenvalue weighted by Gasteiger charge is 2.61. The van der Waals surface area contributed by atoms with Gasteiger partial charge in [-0.05, 0) is 81.5 Å². The average Bonchev–Trinajstić information content (AvgIpc) is 3.41. The monoisotopic (exact) mass is 724 g/mol. The Kier molecular flexibility index (Phi) is 10.2. The Morgan fingerprint density at radius 2 is 1.27 bits per heavy atom. The van der Waals surface area contributed by atoms with Gasteiger partial charge in [0.25, 0.3) is 15.9 Å². The van der Waals surface area contributed by atoms with E-state index in [2.05, 4.69) is 16.8 Å². The molecule has 3 aliphatic heterocycles. The van der Waals surface area contributed by atoms with Gasteiger partial charge in [-0.15, -0.1) is 0 Å². The largest absolute Gasteiger partial charge is 0.497 e. The Hall–Kier alpha value is -4.73. The second-order valence-electron chi connectivity index (χ2n) is 12.6. The molecule has 3 heterocycles. The predicted molar refractivity (Wildman–Crippen MR) is 188 cm³/mol. The van der Waals surface area contributed by atoms with Crippen LogP contribution in [0.2, 0.25) is 0 Å². The molecule has 0 saturated carbocycles. The molecule has 0 bridgehead atoms. The van der Waals surface area contributed by atoms with Gasteiger partial charge in [-0.25, -0.2) is 13.2 Å². The SMILES string of the molecule is COc1ccc(S(=O)(=O)N2C(=O)C(OC(=O)N3CCN(C4CCN(C)CC4)CC3)(c3cc(OC)ccc3OC)c3cc(OC)ccc32)c(OC)c1. The quantitative estimate of drug-likeness (QED) is 0.303. The van der Waals surface area contributed by atoms with Crippen LogP contribution in [0.15, 0.2) is 59.5 Å². The Bertz CT molecular complexity index is 1890. The maximum absolute atomic E-state index is 15.2. The molecule has 0 spiro atoms. The molecular formula is C36H44N4O10S. The first-order valence-corrected chi connectivity index (χ1v) is 18.1. The van der Waals surface area contributed by atoms with Crippen molar-refractivity contribution >= 4 is 27.7 Å². The molecule has 6 rings (SSSR count). The van der Waals surface area contributed by atoms with Crippen LogP contribution in [-0.4, -0.2) is 123 Å². The number of anilines is 1. The third-order valence-electron chi connectivity index (χ3n) is 9.98. The molecule has 0 radical (unpaired) electrons. The number of sulfonamides is 1. The number of rotatable bonds is 10. The van der Waals surface area contributed by atoms with Crippen LogP contribution in [0.25, 0.3) is 0 Å². The number of likely N-dealkylation sites (tertiary alicyclic amines) is 1. The molecule has 0 N–H and O–H groups in total. The lowest BCUT2D eigenvalue weighted by atomic mass is 9.86. The van der Waals surface area contributed by atoms with Crippen molar-refractivity contribution in [3.63, 3.8) is 0 Å². The van der Waals surface area contributed by atoms with Crippen LogP contribution in [0.5, 0.6) is 28.7 Å². The van der Waals surface area contributed by atoms with Gasteiger partial charge in [0.2, 0.25) is 5.60 Å². The van der Waals surface area contributed by atoms with Crippen molar-refractivity contribution in [2.24, 2.45) is 0 Å². The molecule has 1 unspecified atom stereocenters. The third-order valence-corrected chi connectivity index (χ3v) is 11.7. The highest BCUT2D eigenvalue weighted by molar-refractivity contribution is 7.93. The number of carbonyl (C=O) groups is 2. The zero-order chi connectivity index (χ0) is 36.5. The fraction of sp³-hybridized carbons (Fsp3) is 0.444. The summed E-state index contributed by atoms with van der Waals surface area (Å²) in [6.45, 7) is 4.03. The summed E-state index contributed by atoms with van der Waals surface area (Å²) in [5.74, 6) is 0.0323. The van der Waals surface area contributed by atoms with Crippen LogP contribution in [0.4, 0.5) is 10.5 Å². The number of fused-ring (bicyclic) bond motifs is 1. The highest BCUT2D eigenvalue weighted by atomic mass is 32.2. The summed E-state index contributed by atoms with van der Waals surface area (Å²) in [7, 11) is 4.47. The summed E-state index contributed by atoms with van der Waals surface area (Å²) in [6, 6.07) is 13.8. The van der Waals surface area contributed by atoms with Crippen molar-refractivity contribution < 1.29 is 46.4 Å². The first-order chi connectivity index (χ1) is 24.5. The minimum absolute atomic E-state index is 0.0385. The van der Waals surface area contributed by atoms with E-state index in [9.17, 15) is 13.2 Å². The minimum atomic E-state index is -4.71. The summed E-state index contributed by atoms with van der Waals surface area (Å²) >= 11 is 0. The summed E-state index contributed by atoms with van der Waals surface area (Å²) in [5.41, 5.74) is -2.25. The maximum Gasteiger partial charge on any atom is 0.411 e. The smallest absolute Gasteiger partial charge is 0.411 e. The average molecular weight is 725 g/mol. The van der Waals surface area contributed by atoms with E-state index in [4.69, 9.17) is 28.4 Å². The molecule has 2 amide bonds. The summed E-state index contributed by atoms with van der Waals surface area (Å²) in [5, 5.41) is 0. The van der Waals surface area contributed by atoms with Gasteiger partial charge in [-0.2, -0.15) is 4.31 Å². The van der Waals surface area contributed by atoms with Gasteiger partial charge in [-0.3, -0.25) is 9.69 Å². The number of hydrogen-bond acceptors (Lipinski definition) is 12.